The van der Waals surface area contributed by atoms with Gasteiger partial charge in [0.1, 0.15) is 0 Å². The van der Waals surface area contributed by atoms with E-state index in [0.29, 0.717) is 27.6 Å². The molecule has 1 atom stereocenters. The Morgan fingerprint density at radius 2 is 1.71 bits per heavy atom. The van der Waals surface area contributed by atoms with Crippen LogP contribution in [-0.2, 0) is 4.74 Å². The van der Waals surface area contributed by atoms with Gasteiger partial charge in [-0.05, 0) is 18.1 Å². The Labute approximate surface area is 117 Å². The van der Waals surface area contributed by atoms with Crippen LogP contribution >= 0.6 is 34.8 Å². The van der Waals surface area contributed by atoms with Crippen LogP contribution in [0.3, 0.4) is 0 Å². The summed E-state index contributed by atoms with van der Waals surface area (Å²) in [5, 5.41) is 4.81. The highest BCUT2D eigenvalue weighted by Gasteiger charge is 2.15. The smallest absolute Gasteiger partial charge is 0.0666 e. The van der Waals surface area contributed by atoms with Crippen molar-refractivity contribution in [2.45, 2.75) is 19.9 Å². The third-order valence-corrected chi connectivity index (χ3v) is 3.54. The first-order valence-corrected chi connectivity index (χ1v) is 6.49. The molecule has 2 nitrogen and oxygen atoms in total. The van der Waals surface area contributed by atoms with Crippen molar-refractivity contribution in [3.8, 4) is 0 Å². The molecule has 96 valence electrons. The molecule has 0 saturated heterocycles. The molecule has 0 amide bonds. The lowest BCUT2D eigenvalue weighted by molar-refractivity contribution is 0.171. The van der Waals surface area contributed by atoms with Gasteiger partial charge in [0.2, 0.25) is 0 Å². The van der Waals surface area contributed by atoms with E-state index >= 15 is 0 Å². The van der Waals surface area contributed by atoms with Gasteiger partial charge in [0, 0.05) is 7.11 Å². The number of halogens is 3. The van der Waals surface area contributed by atoms with E-state index in [0.717, 1.165) is 5.69 Å². The summed E-state index contributed by atoms with van der Waals surface area (Å²) in [5.41, 5.74) is 0.775. The second kappa shape index (κ2) is 6.69. The van der Waals surface area contributed by atoms with Crippen molar-refractivity contribution >= 4 is 40.5 Å². The van der Waals surface area contributed by atoms with Crippen molar-refractivity contribution < 1.29 is 4.74 Å². The number of hydrogen-bond donors (Lipinski definition) is 1. The van der Waals surface area contributed by atoms with E-state index in [1.165, 1.54) is 0 Å². The van der Waals surface area contributed by atoms with Gasteiger partial charge in [-0.15, -0.1) is 0 Å². The summed E-state index contributed by atoms with van der Waals surface area (Å²) in [6, 6.07) is 3.55. The summed E-state index contributed by atoms with van der Waals surface area (Å²) in [4.78, 5) is 0. The number of ether oxygens (including phenoxy) is 1. The number of rotatable bonds is 5. The van der Waals surface area contributed by atoms with E-state index in [4.69, 9.17) is 39.5 Å². The standard InChI is InChI=1S/C12H16Cl3NO/c1-7(2)12(6-17-3)16-11-5-9(14)8(13)4-10(11)15/h4-5,7,12,16H,6H2,1-3H3. The van der Waals surface area contributed by atoms with Gasteiger partial charge in [-0.2, -0.15) is 0 Å². The van der Waals surface area contributed by atoms with Crippen LogP contribution in [0.5, 0.6) is 0 Å². The summed E-state index contributed by atoms with van der Waals surface area (Å²) >= 11 is 17.9. The van der Waals surface area contributed by atoms with Gasteiger partial charge in [-0.1, -0.05) is 48.7 Å². The Balaban J connectivity index is 2.89. The SMILES string of the molecule is COCC(Nc1cc(Cl)c(Cl)cc1Cl)C(C)C. The van der Waals surface area contributed by atoms with Crippen LogP contribution in [0.1, 0.15) is 13.8 Å². The topological polar surface area (TPSA) is 21.3 Å². The van der Waals surface area contributed by atoms with E-state index in [2.05, 4.69) is 19.2 Å². The number of hydrogen-bond acceptors (Lipinski definition) is 2. The molecule has 0 heterocycles. The third kappa shape index (κ3) is 4.22. The summed E-state index contributed by atoms with van der Waals surface area (Å²) < 4.78 is 5.17. The predicted octanol–water partition coefficient (Wildman–Crippen LogP) is 4.73. The van der Waals surface area contributed by atoms with Crippen LogP contribution < -0.4 is 5.32 Å². The molecule has 1 rings (SSSR count). The quantitative estimate of drug-likeness (QED) is 0.793. The highest BCUT2D eigenvalue weighted by atomic mass is 35.5. The zero-order valence-corrected chi connectivity index (χ0v) is 12.3. The number of nitrogens with one attached hydrogen (secondary N) is 1. The van der Waals surface area contributed by atoms with Crippen LogP contribution in [0.4, 0.5) is 5.69 Å². The Morgan fingerprint density at radius 3 is 2.24 bits per heavy atom. The maximum atomic E-state index is 6.10. The fraction of sp³-hybridized carbons (Fsp3) is 0.500. The molecule has 1 unspecified atom stereocenters. The highest BCUT2D eigenvalue weighted by Crippen LogP contribution is 2.33. The molecule has 1 aromatic rings. The molecule has 1 aromatic carbocycles. The molecular weight excluding hydrogens is 280 g/mol. The molecule has 0 aromatic heterocycles. The van der Waals surface area contributed by atoms with Crippen LogP contribution in [-0.4, -0.2) is 19.8 Å². The molecule has 0 aliphatic carbocycles. The molecule has 1 N–H and O–H groups in total. The minimum Gasteiger partial charge on any atom is -0.383 e. The largest absolute Gasteiger partial charge is 0.383 e. The molecule has 0 aliphatic heterocycles. The lowest BCUT2D eigenvalue weighted by Crippen LogP contribution is -2.30. The summed E-state index contributed by atoms with van der Waals surface area (Å²) in [6.45, 7) is 4.83. The molecular formula is C12H16Cl3NO. The predicted molar refractivity (Wildman–Crippen MR) is 75.6 cm³/mol. The summed E-state index contributed by atoms with van der Waals surface area (Å²) in [5.74, 6) is 0.417. The fourth-order valence-corrected chi connectivity index (χ4v) is 2.01. The Kier molecular flexibility index (Phi) is 5.87. The summed E-state index contributed by atoms with van der Waals surface area (Å²) in [6.07, 6.45) is 0. The average molecular weight is 297 g/mol. The van der Waals surface area contributed by atoms with Gasteiger partial charge in [-0.25, -0.2) is 0 Å². The number of benzene rings is 1. The van der Waals surface area contributed by atoms with Crippen LogP contribution in [0.15, 0.2) is 12.1 Å². The van der Waals surface area contributed by atoms with E-state index in [1.807, 2.05) is 0 Å². The van der Waals surface area contributed by atoms with Gasteiger partial charge in [0.05, 0.1) is 33.4 Å². The Bertz CT molecular complexity index is 382. The van der Waals surface area contributed by atoms with Gasteiger partial charge in [-0.3, -0.25) is 0 Å². The Morgan fingerprint density at radius 1 is 1.12 bits per heavy atom. The zero-order valence-electron chi connectivity index (χ0n) is 10.1. The molecule has 0 bridgehead atoms. The molecule has 0 aliphatic rings. The van der Waals surface area contributed by atoms with Crippen molar-refractivity contribution in [2.24, 2.45) is 5.92 Å². The van der Waals surface area contributed by atoms with E-state index in [-0.39, 0.29) is 6.04 Å². The lowest BCUT2D eigenvalue weighted by Gasteiger charge is -2.23. The highest BCUT2D eigenvalue weighted by molar-refractivity contribution is 6.44. The van der Waals surface area contributed by atoms with Gasteiger partial charge < -0.3 is 10.1 Å². The minimum absolute atomic E-state index is 0.176. The molecule has 5 heteroatoms. The normalized spacial score (nSPS) is 12.9. The van der Waals surface area contributed by atoms with E-state index in [9.17, 15) is 0 Å². The van der Waals surface area contributed by atoms with Gasteiger partial charge in [0.25, 0.3) is 0 Å². The van der Waals surface area contributed by atoms with Crippen molar-refractivity contribution in [3.05, 3.63) is 27.2 Å². The van der Waals surface area contributed by atoms with Crippen molar-refractivity contribution in [2.75, 3.05) is 19.0 Å². The first-order valence-electron chi connectivity index (χ1n) is 5.35. The first-order chi connectivity index (χ1) is 7.95. The second-order valence-corrected chi connectivity index (χ2v) is 5.42. The van der Waals surface area contributed by atoms with Crippen LogP contribution in [0.25, 0.3) is 0 Å². The molecule has 0 saturated carbocycles. The molecule has 0 spiro atoms. The van der Waals surface area contributed by atoms with Crippen molar-refractivity contribution in [3.63, 3.8) is 0 Å². The van der Waals surface area contributed by atoms with Crippen molar-refractivity contribution in [1.29, 1.82) is 0 Å². The van der Waals surface area contributed by atoms with Gasteiger partial charge in [0.15, 0.2) is 0 Å². The fourth-order valence-electron chi connectivity index (χ4n) is 1.41. The number of anilines is 1. The monoisotopic (exact) mass is 295 g/mol. The molecule has 0 fully saturated rings. The van der Waals surface area contributed by atoms with Crippen molar-refractivity contribution in [1.82, 2.24) is 0 Å². The molecule has 17 heavy (non-hydrogen) atoms. The average Bonchev–Trinajstić information content (AvgIpc) is 2.24. The summed E-state index contributed by atoms with van der Waals surface area (Å²) in [7, 11) is 1.67. The van der Waals surface area contributed by atoms with E-state index < -0.39 is 0 Å². The first kappa shape index (κ1) is 14.9. The van der Waals surface area contributed by atoms with Gasteiger partial charge >= 0.3 is 0 Å². The van der Waals surface area contributed by atoms with Crippen LogP contribution in [0.2, 0.25) is 15.1 Å². The van der Waals surface area contributed by atoms with Crippen LogP contribution in [0, 0.1) is 5.92 Å². The maximum absolute atomic E-state index is 6.10. The lowest BCUT2D eigenvalue weighted by atomic mass is 10.1. The Hall–Kier alpha value is -0.150. The third-order valence-electron chi connectivity index (χ3n) is 2.50. The minimum atomic E-state index is 0.176. The number of methoxy groups -OCH3 is 1. The second-order valence-electron chi connectivity index (χ2n) is 4.20. The molecule has 0 radical (unpaired) electrons. The van der Waals surface area contributed by atoms with E-state index in [1.54, 1.807) is 19.2 Å². The maximum Gasteiger partial charge on any atom is 0.0666 e. The zero-order chi connectivity index (χ0) is 13.0.